The zero-order valence-electron chi connectivity index (χ0n) is 9.33. The van der Waals surface area contributed by atoms with Gasteiger partial charge in [-0.1, -0.05) is 26.0 Å². The van der Waals surface area contributed by atoms with Crippen molar-refractivity contribution in [3.63, 3.8) is 0 Å². The summed E-state index contributed by atoms with van der Waals surface area (Å²) in [6.45, 7) is 4.70. The van der Waals surface area contributed by atoms with E-state index in [2.05, 4.69) is 13.8 Å². The molecule has 0 spiro atoms. The van der Waals surface area contributed by atoms with Gasteiger partial charge in [0.2, 0.25) is 0 Å². The molecule has 0 amide bonds. The van der Waals surface area contributed by atoms with Crippen LogP contribution < -0.4 is 11.5 Å². The van der Waals surface area contributed by atoms with Crippen LogP contribution in [0.4, 0.5) is 4.39 Å². The molecule has 1 aromatic rings. The monoisotopic (exact) mass is 210 g/mol. The lowest BCUT2D eigenvalue weighted by Gasteiger charge is -2.26. The number of rotatable bonds is 4. The summed E-state index contributed by atoms with van der Waals surface area (Å²) in [5.74, 6) is -0.242. The number of benzene rings is 1. The zero-order valence-corrected chi connectivity index (χ0v) is 9.33. The van der Waals surface area contributed by atoms with Crippen molar-refractivity contribution in [3.05, 3.63) is 35.6 Å². The molecule has 84 valence electrons. The number of nitrogens with two attached hydrogens (primary N) is 2. The van der Waals surface area contributed by atoms with E-state index >= 15 is 0 Å². The summed E-state index contributed by atoms with van der Waals surface area (Å²) in [5.41, 5.74) is 12.5. The highest BCUT2D eigenvalue weighted by Crippen LogP contribution is 2.27. The first-order chi connectivity index (χ1) is 6.94. The fourth-order valence-corrected chi connectivity index (χ4v) is 1.53. The number of halogens is 1. The molecule has 0 aliphatic rings. The van der Waals surface area contributed by atoms with Gasteiger partial charge in [0.05, 0.1) is 0 Å². The summed E-state index contributed by atoms with van der Waals surface area (Å²) >= 11 is 0. The highest BCUT2D eigenvalue weighted by Gasteiger charge is 2.20. The second-order valence-corrected chi connectivity index (χ2v) is 4.73. The van der Waals surface area contributed by atoms with Crippen LogP contribution in [0.15, 0.2) is 24.3 Å². The third kappa shape index (κ3) is 3.61. The smallest absolute Gasteiger partial charge is 0.123 e. The summed E-state index contributed by atoms with van der Waals surface area (Å²) < 4.78 is 13.0. The maximum atomic E-state index is 13.0. The van der Waals surface area contributed by atoms with Crippen LogP contribution in [0.2, 0.25) is 0 Å². The van der Waals surface area contributed by atoms with Crippen molar-refractivity contribution in [3.8, 4) is 0 Å². The van der Waals surface area contributed by atoms with E-state index in [0.717, 1.165) is 12.0 Å². The molecule has 4 N–H and O–H groups in total. The minimum Gasteiger partial charge on any atom is -0.330 e. The normalized spacial score (nSPS) is 13.9. The van der Waals surface area contributed by atoms with Crippen LogP contribution in [0.1, 0.15) is 31.9 Å². The van der Waals surface area contributed by atoms with Gasteiger partial charge < -0.3 is 11.5 Å². The van der Waals surface area contributed by atoms with E-state index in [0.29, 0.717) is 6.54 Å². The molecule has 0 heterocycles. The molecule has 2 nitrogen and oxygen atoms in total. The Kier molecular flexibility index (Phi) is 3.83. The Morgan fingerprint density at radius 1 is 1.40 bits per heavy atom. The van der Waals surface area contributed by atoms with Gasteiger partial charge in [0.25, 0.3) is 0 Å². The van der Waals surface area contributed by atoms with E-state index < -0.39 is 0 Å². The van der Waals surface area contributed by atoms with E-state index in [1.165, 1.54) is 12.1 Å². The second kappa shape index (κ2) is 4.73. The Hall–Kier alpha value is -0.930. The lowest BCUT2D eigenvalue weighted by Crippen LogP contribution is -2.28. The molecule has 1 rings (SSSR count). The van der Waals surface area contributed by atoms with Crippen molar-refractivity contribution in [1.82, 2.24) is 0 Å². The standard InChI is InChI=1S/C12H19FN2/c1-12(2,8-14)7-11(15)9-4-3-5-10(13)6-9/h3-6,11H,7-8,14-15H2,1-2H3. The van der Waals surface area contributed by atoms with Crippen molar-refractivity contribution in [2.24, 2.45) is 16.9 Å². The average molecular weight is 210 g/mol. The molecule has 1 aromatic carbocycles. The summed E-state index contributed by atoms with van der Waals surface area (Å²) in [5, 5.41) is 0. The van der Waals surface area contributed by atoms with Gasteiger partial charge in [0.1, 0.15) is 5.82 Å². The van der Waals surface area contributed by atoms with Gasteiger partial charge in [-0.3, -0.25) is 0 Å². The van der Waals surface area contributed by atoms with Gasteiger partial charge in [0.15, 0.2) is 0 Å². The quantitative estimate of drug-likeness (QED) is 0.800. The summed E-state index contributed by atoms with van der Waals surface area (Å²) in [4.78, 5) is 0. The Morgan fingerprint density at radius 2 is 2.07 bits per heavy atom. The van der Waals surface area contributed by atoms with Crippen LogP contribution in [0, 0.1) is 11.2 Å². The molecule has 0 aromatic heterocycles. The van der Waals surface area contributed by atoms with Gasteiger partial charge in [-0.25, -0.2) is 4.39 Å². The topological polar surface area (TPSA) is 52.0 Å². The van der Waals surface area contributed by atoms with E-state index in [1.807, 2.05) is 6.07 Å². The largest absolute Gasteiger partial charge is 0.330 e. The molecule has 0 fully saturated rings. The minimum absolute atomic E-state index is 0.00820. The SMILES string of the molecule is CC(C)(CN)CC(N)c1cccc(F)c1. The lowest BCUT2D eigenvalue weighted by atomic mass is 9.84. The van der Waals surface area contributed by atoms with Crippen molar-refractivity contribution in [2.75, 3.05) is 6.54 Å². The summed E-state index contributed by atoms with van der Waals surface area (Å²) in [6.07, 6.45) is 0.757. The predicted molar refractivity (Wildman–Crippen MR) is 60.8 cm³/mol. The van der Waals surface area contributed by atoms with E-state index in [1.54, 1.807) is 6.07 Å². The lowest BCUT2D eigenvalue weighted by molar-refractivity contribution is 0.317. The second-order valence-electron chi connectivity index (χ2n) is 4.73. The first kappa shape index (κ1) is 12.1. The molecule has 0 radical (unpaired) electrons. The van der Waals surface area contributed by atoms with Crippen LogP contribution in [0.25, 0.3) is 0 Å². The minimum atomic E-state index is -0.242. The Labute approximate surface area is 90.5 Å². The molecule has 3 heteroatoms. The van der Waals surface area contributed by atoms with Crippen LogP contribution in [-0.2, 0) is 0 Å². The van der Waals surface area contributed by atoms with Crippen molar-refractivity contribution < 1.29 is 4.39 Å². The first-order valence-electron chi connectivity index (χ1n) is 5.16. The molecule has 15 heavy (non-hydrogen) atoms. The van der Waals surface area contributed by atoms with Gasteiger partial charge in [-0.2, -0.15) is 0 Å². The maximum Gasteiger partial charge on any atom is 0.123 e. The van der Waals surface area contributed by atoms with Crippen LogP contribution in [0.5, 0.6) is 0 Å². The molecule has 0 aliphatic heterocycles. The van der Waals surface area contributed by atoms with Crippen molar-refractivity contribution in [2.45, 2.75) is 26.3 Å². The Morgan fingerprint density at radius 3 is 2.60 bits per heavy atom. The molecule has 0 bridgehead atoms. The first-order valence-corrected chi connectivity index (χ1v) is 5.16. The fraction of sp³-hybridized carbons (Fsp3) is 0.500. The van der Waals surface area contributed by atoms with Crippen molar-refractivity contribution >= 4 is 0 Å². The fourth-order valence-electron chi connectivity index (χ4n) is 1.53. The average Bonchev–Trinajstić information content (AvgIpc) is 2.17. The van der Waals surface area contributed by atoms with Crippen LogP contribution in [0.3, 0.4) is 0 Å². The van der Waals surface area contributed by atoms with Gasteiger partial charge in [-0.05, 0) is 36.1 Å². The van der Waals surface area contributed by atoms with Gasteiger partial charge in [0, 0.05) is 6.04 Å². The third-order valence-corrected chi connectivity index (χ3v) is 2.60. The van der Waals surface area contributed by atoms with Gasteiger partial charge >= 0.3 is 0 Å². The molecule has 1 atom stereocenters. The molecular weight excluding hydrogens is 191 g/mol. The van der Waals surface area contributed by atoms with E-state index in [4.69, 9.17) is 11.5 Å². The maximum absolute atomic E-state index is 13.0. The van der Waals surface area contributed by atoms with Gasteiger partial charge in [-0.15, -0.1) is 0 Å². The molecular formula is C12H19FN2. The highest BCUT2D eigenvalue weighted by atomic mass is 19.1. The third-order valence-electron chi connectivity index (χ3n) is 2.60. The van der Waals surface area contributed by atoms with Crippen molar-refractivity contribution in [1.29, 1.82) is 0 Å². The molecule has 1 unspecified atom stereocenters. The molecule has 0 saturated carbocycles. The zero-order chi connectivity index (χ0) is 11.5. The van der Waals surface area contributed by atoms with Crippen LogP contribution >= 0.6 is 0 Å². The van der Waals surface area contributed by atoms with E-state index in [-0.39, 0.29) is 17.3 Å². The van der Waals surface area contributed by atoms with Crippen LogP contribution in [-0.4, -0.2) is 6.54 Å². The molecule has 0 aliphatic carbocycles. The number of hydrogen-bond acceptors (Lipinski definition) is 2. The number of hydrogen-bond donors (Lipinski definition) is 2. The predicted octanol–water partition coefficient (Wildman–Crippen LogP) is 2.20. The highest BCUT2D eigenvalue weighted by molar-refractivity contribution is 5.20. The Balaban J connectivity index is 2.73. The Bertz CT molecular complexity index is 323. The summed E-state index contributed by atoms with van der Waals surface area (Å²) in [7, 11) is 0. The van der Waals surface area contributed by atoms with E-state index in [9.17, 15) is 4.39 Å². The summed E-state index contributed by atoms with van der Waals surface area (Å²) in [6, 6.07) is 6.28. The molecule has 0 saturated heterocycles.